The molecule has 4 aromatic rings. The fourth-order valence-corrected chi connectivity index (χ4v) is 5.82. The molecule has 0 spiro atoms. The van der Waals surface area contributed by atoms with Crippen LogP contribution in [0.1, 0.15) is 35.8 Å². The van der Waals surface area contributed by atoms with Crippen molar-refractivity contribution < 1.29 is 4.79 Å². The SMILES string of the molecule is CN(C)CCCC(C=O)Nc1nc(CN2CCN(C(c3ccc(Cl)cc3)c3ccc(Cl)cc3)CC2)nc2ccccc12. The Kier molecular flexibility index (Phi) is 10.4. The van der Waals surface area contributed by atoms with Crippen molar-refractivity contribution in [2.24, 2.45) is 0 Å². The summed E-state index contributed by atoms with van der Waals surface area (Å²) in [7, 11) is 4.09. The Morgan fingerprint density at radius 1 is 0.881 bits per heavy atom. The second-order valence-electron chi connectivity index (χ2n) is 11.2. The fraction of sp³-hybridized carbons (Fsp3) is 0.364. The van der Waals surface area contributed by atoms with Gasteiger partial charge in [0.15, 0.2) is 0 Å². The lowest BCUT2D eigenvalue weighted by Crippen LogP contribution is -2.47. The monoisotopic (exact) mass is 604 g/mol. The molecule has 3 aromatic carbocycles. The van der Waals surface area contributed by atoms with Gasteiger partial charge in [0.25, 0.3) is 0 Å². The first kappa shape index (κ1) is 30.4. The molecular weight excluding hydrogens is 567 g/mol. The van der Waals surface area contributed by atoms with Crippen LogP contribution in [0.4, 0.5) is 5.82 Å². The van der Waals surface area contributed by atoms with Crippen molar-refractivity contribution in [1.29, 1.82) is 0 Å². The van der Waals surface area contributed by atoms with E-state index in [9.17, 15) is 4.79 Å². The first-order chi connectivity index (χ1) is 20.4. The van der Waals surface area contributed by atoms with E-state index in [1.165, 1.54) is 11.1 Å². The number of aldehydes is 1. The van der Waals surface area contributed by atoms with Gasteiger partial charge in [-0.05, 0) is 81.0 Å². The Balaban J connectivity index is 1.29. The van der Waals surface area contributed by atoms with E-state index >= 15 is 0 Å². The van der Waals surface area contributed by atoms with E-state index in [4.69, 9.17) is 33.2 Å². The summed E-state index contributed by atoms with van der Waals surface area (Å²) >= 11 is 12.4. The van der Waals surface area contributed by atoms with Crippen LogP contribution in [0, 0.1) is 0 Å². The minimum atomic E-state index is -0.294. The predicted octanol–water partition coefficient (Wildman–Crippen LogP) is 6.17. The number of benzene rings is 3. The van der Waals surface area contributed by atoms with Crippen LogP contribution in [0.5, 0.6) is 0 Å². The summed E-state index contributed by atoms with van der Waals surface area (Å²) in [4.78, 5) is 28.8. The van der Waals surface area contributed by atoms with Crippen molar-refractivity contribution in [2.75, 3.05) is 52.1 Å². The third-order valence-electron chi connectivity index (χ3n) is 7.76. The lowest BCUT2D eigenvalue weighted by atomic mass is 9.96. The molecule has 0 amide bonds. The molecule has 0 radical (unpaired) electrons. The van der Waals surface area contributed by atoms with Gasteiger partial charge in [-0.2, -0.15) is 0 Å². The van der Waals surface area contributed by atoms with Crippen LogP contribution in [0.2, 0.25) is 10.0 Å². The van der Waals surface area contributed by atoms with Gasteiger partial charge in [0.1, 0.15) is 17.9 Å². The Morgan fingerprint density at radius 3 is 2.10 bits per heavy atom. The molecule has 1 unspecified atom stereocenters. The number of piperazine rings is 1. The Bertz CT molecular complexity index is 1410. The third-order valence-corrected chi connectivity index (χ3v) is 8.27. The average Bonchev–Trinajstić information content (AvgIpc) is 2.99. The molecule has 0 saturated carbocycles. The second kappa shape index (κ2) is 14.4. The summed E-state index contributed by atoms with van der Waals surface area (Å²) in [6.07, 6.45) is 2.67. The highest BCUT2D eigenvalue weighted by molar-refractivity contribution is 6.30. The molecule has 9 heteroatoms. The number of halogens is 2. The van der Waals surface area contributed by atoms with E-state index in [1.807, 2.05) is 62.6 Å². The van der Waals surface area contributed by atoms with Gasteiger partial charge in [-0.15, -0.1) is 0 Å². The lowest BCUT2D eigenvalue weighted by Gasteiger charge is -2.39. The standard InChI is InChI=1S/C33H38Cl2N6O/c1-39(2)17-5-6-28(23-42)36-33-29-7-3-4-8-30(29)37-31(38-33)22-40-18-20-41(21-19-40)32(24-9-13-26(34)14-10-24)25-11-15-27(35)16-12-25/h3-4,7-16,23,28,32H,5-6,17-22H2,1-2H3,(H,36,37,38). The number of carbonyl (C=O) groups excluding carboxylic acids is 1. The molecule has 1 aliphatic rings. The molecule has 0 bridgehead atoms. The van der Waals surface area contributed by atoms with Gasteiger partial charge >= 0.3 is 0 Å². The van der Waals surface area contributed by atoms with Gasteiger partial charge < -0.3 is 15.0 Å². The molecule has 1 fully saturated rings. The zero-order valence-corrected chi connectivity index (χ0v) is 25.7. The van der Waals surface area contributed by atoms with Crippen molar-refractivity contribution >= 4 is 46.2 Å². The van der Waals surface area contributed by atoms with Crippen LogP contribution in [0.15, 0.2) is 72.8 Å². The summed E-state index contributed by atoms with van der Waals surface area (Å²) in [6, 6.07) is 24.1. The maximum absolute atomic E-state index is 11.9. The number of fused-ring (bicyclic) bond motifs is 1. The fourth-order valence-electron chi connectivity index (χ4n) is 5.57. The molecule has 1 aromatic heterocycles. The van der Waals surface area contributed by atoms with E-state index in [0.717, 1.165) is 84.4 Å². The Hall–Kier alpha value is -3.07. The van der Waals surface area contributed by atoms with Gasteiger partial charge in [0.2, 0.25) is 0 Å². The molecule has 42 heavy (non-hydrogen) atoms. The number of rotatable bonds is 12. The number of aromatic nitrogens is 2. The van der Waals surface area contributed by atoms with E-state index in [-0.39, 0.29) is 12.1 Å². The van der Waals surface area contributed by atoms with Crippen LogP contribution < -0.4 is 5.32 Å². The van der Waals surface area contributed by atoms with E-state index < -0.39 is 0 Å². The van der Waals surface area contributed by atoms with E-state index in [0.29, 0.717) is 6.54 Å². The highest BCUT2D eigenvalue weighted by Crippen LogP contribution is 2.31. The topological polar surface area (TPSA) is 64.6 Å². The van der Waals surface area contributed by atoms with Crippen LogP contribution in [-0.4, -0.2) is 83.8 Å². The third kappa shape index (κ3) is 7.85. The summed E-state index contributed by atoms with van der Waals surface area (Å²) < 4.78 is 0. The summed E-state index contributed by atoms with van der Waals surface area (Å²) in [5.41, 5.74) is 3.30. The van der Waals surface area contributed by atoms with Crippen molar-refractivity contribution in [2.45, 2.75) is 31.5 Å². The maximum Gasteiger partial charge on any atom is 0.145 e. The quantitative estimate of drug-likeness (QED) is 0.194. The number of nitrogens with zero attached hydrogens (tertiary/aromatic N) is 5. The van der Waals surface area contributed by atoms with E-state index in [2.05, 4.69) is 44.3 Å². The first-order valence-electron chi connectivity index (χ1n) is 14.5. The number of hydrogen-bond donors (Lipinski definition) is 1. The number of para-hydroxylation sites is 1. The van der Waals surface area contributed by atoms with Crippen LogP contribution >= 0.6 is 23.2 Å². The van der Waals surface area contributed by atoms with Gasteiger partial charge in [0, 0.05) is 41.6 Å². The molecule has 1 atom stereocenters. The van der Waals surface area contributed by atoms with Crippen molar-refractivity contribution in [3.63, 3.8) is 0 Å². The van der Waals surface area contributed by atoms with Crippen molar-refractivity contribution in [3.05, 3.63) is 99.8 Å². The summed E-state index contributed by atoms with van der Waals surface area (Å²) in [6.45, 7) is 5.15. The molecule has 7 nitrogen and oxygen atoms in total. The Morgan fingerprint density at radius 2 is 1.50 bits per heavy atom. The normalized spacial score (nSPS) is 15.4. The van der Waals surface area contributed by atoms with Gasteiger partial charge in [-0.3, -0.25) is 9.80 Å². The summed E-state index contributed by atoms with van der Waals surface area (Å²) in [5.74, 6) is 1.48. The molecule has 0 aliphatic carbocycles. The van der Waals surface area contributed by atoms with Crippen LogP contribution in [0.25, 0.3) is 10.9 Å². The van der Waals surface area contributed by atoms with E-state index in [1.54, 1.807) is 0 Å². The molecule has 2 heterocycles. The van der Waals surface area contributed by atoms with Gasteiger partial charge in [0.05, 0.1) is 24.1 Å². The van der Waals surface area contributed by atoms with Crippen molar-refractivity contribution in [3.8, 4) is 0 Å². The van der Waals surface area contributed by atoms with Crippen molar-refractivity contribution in [1.82, 2.24) is 24.7 Å². The van der Waals surface area contributed by atoms with Gasteiger partial charge in [-0.25, -0.2) is 9.97 Å². The molecular formula is C33H38Cl2N6O. The lowest BCUT2D eigenvalue weighted by molar-refractivity contribution is -0.108. The first-order valence-corrected chi connectivity index (χ1v) is 15.2. The number of anilines is 1. The zero-order chi connectivity index (χ0) is 29.5. The minimum Gasteiger partial charge on any atom is -0.360 e. The number of carbonyl (C=O) groups is 1. The van der Waals surface area contributed by atoms with Crippen LogP contribution in [-0.2, 0) is 11.3 Å². The highest BCUT2D eigenvalue weighted by atomic mass is 35.5. The molecule has 220 valence electrons. The molecule has 1 aliphatic heterocycles. The number of hydrogen-bond acceptors (Lipinski definition) is 7. The van der Waals surface area contributed by atoms with Gasteiger partial charge in [-0.1, -0.05) is 59.6 Å². The zero-order valence-electron chi connectivity index (χ0n) is 24.2. The molecule has 1 N–H and O–H groups in total. The molecule has 1 saturated heterocycles. The Labute approximate surface area is 258 Å². The summed E-state index contributed by atoms with van der Waals surface area (Å²) in [5, 5.41) is 5.80. The second-order valence-corrected chi connectivity index (χ2v) is 12.0. The highest BCUT2D eigenvalue weighted by Gasteiger charge is 2.27. The minimum absolute atomic E-state index is 0.113. The van der Waals surface area contributed by atoms with Crippen LogP contribution in [0.3, 0.4) is 0 Å². The number of nitrogens with one attached hydrogen (secondary N) is 1. The average molecular weight is 606 g/mol. The maximum atomic E-state index is 11.9. The smallest absolute Gasteiger partial charge is 0.145 e. The largest absolute Gasteiger partial charge is 0.360 e. The molecule has 5 rings (SSSR count). The predicted molar refractivity (Wildman–Crippen MR) is 172 cm³/mol.